The second-order valence-electron chi connectivity index (χ2n) is 4.27. The average Bonchev–Trinajstić information content (AvgIpc) is 2.34. The molecule has 1 heterocycles. The highest BCUT2D eigenvalue weighted by Gasteiger charge is 2.21. The molecule has 2 aromatic rings. The van der Waals surface area contributed by atoms with Gasteiger partial charge < -0.3 is 14.8 Å². The normalized spacial score (nSPS) is 11.0. The monoisotopic (exact) mass is 283 g/mol. The van der Waals surface area contributed by atoms with Crippen molar-refractivity contribution >= 4 is 16.9 Å². The van der Waals surface area contributed by atoms with Gasteiger partial charge in [0.2, 0.25) is 0 Å². The summed E-state index contributed by atoms with van der Waals surface area (Å²) in [6, 6.07) is 1.42. The first kappa shape index (κ1) is 14.1. The third kappa shape index (κ3) is 2.05. The van der Waals surface area contributed by atoms with E-state index in [2.05, 4.69) is 0 Å². The molecular formula is C13H11F2NO4. The topological polar surface area (TPSA) is 79.5 Å². The number of hydrogen-bond acceptors (Lipinski definition) is 3. The summed E-state index contributed by atoms with van der Waals surface area (Å²) in [5.41, 5.74) is -1.62. The average molecular weight is 283 g/mol. The van der Waals surface area contributed by atoms with Crippen molar-refractivity contribution in [1.82, 2.24) is 4.57 Å². The number of aliphatic hydroxyl groups excluding tert-OH is 1. The number of fused-ring (bicyclic) bond motifs is 1. The zero-order chi connectivity index (χ0) is 15.0. The second kappa shape index (κ2) is 5.01. The minimum Gasteiger partial charge on any atom is -0.477 e. The Kier molecular flexibility index (Phi) is 3.54. The van der Waals surface area contributed by atoms with Gasteiger partial charge in [-0.15, -0.1) is 0 Å². The minimum atomic E-state index is -1.42. The van der Waals surface area contributed by atoms with Crippen LogP contribution in [-0.2, 0) is 6.54 Å². The fourth-order valence-corrected chi connectivity index (χ4v) is 2.24. The molecule has 0 aliphatic carbocycles. The Morgan fingerprint density at radius 3 is 2.55 bits per heavy atom. The first-order valence-electron chi connectivity index (χ1n) is 5.74. The summed E-state index contributed by atoms with van der Waals surface area (Å²) in [6.07, 6.45) is 0. The number of aromatic carboxylic acids is 1. The number of carboxylic acid groups (broad SMARTS) is 1. The Bertz CT molecular complexity index is 767. The molecule has 0 unspecified atom stereocenters. The molecule has 0 bridgehead atoms. The Balaban J connectivity index is 3.09. The van der Waals surface area contributed by atoms with Crippen LogP contribution in [0.4, 0.5) is 8.78 Å². The van der Waals surface area contributed by atoms with Gasteiger partial charge in [-0.2, -0.15) is 0 Å². The van der Waals surface area contributed by atoms with Crippen LogP contribution < -0.4 is 5.43 Å². The predicted octanol–water partition coefficient (Wildman–Crippen LogP) is 1.28. The predicted molar refractivity (Wildman–Crippen MR) is 66.9 cm³/mol. The maximum atomic E-state index is 13.9. The summed E-state index contributed by atoms with van der Waals surface area (Å²) in [5.74, 6) is -3.39. The first-order chi connectivity index (χ1) is 9.38. The van der Waals surface area contributed by atoms with Crippen molar-refractivity contribution in [2.75, 3.05) is 6.61 Å². The van der Waals surface area contributed by atoms with Crippen molar-refractivity contribution in [1.29, 1.82) is 0 Å². The summed E-state index contributed by atoms with van der Waals surface area (Å²) in [7, 11) is 0. The lowest BCUT2D eigenvalue weighted by atomic mass is 10.1. The SMILES string of the molecule is Cc1c(C(=O)O)n(CCO)c2c(F)cc(F)cc2c1=O. The van der Waals surface area contributed by atoms with Crippen LogP contribution in [0.15, 0.2) is 16.9 Å². The third-order valence-electron chi connectivity index (χ3n) is 3.03. The molecule has 0 aliphatic heterocycles. The number of rotatable bonds is 3. The lowest BCUT2D eigenvalue weighted by Gasteiger charge is -2.16. The van der Waals surface area contributed by atoms with Crippen LogP contribution >= 0.6 is 0 Å². The van der Waals surface area contributed by atoms with Gasteiger partial charge in [-0.05, 0) is 13.0 Å². The Hall–Kier alpha value is -2.28. The van der Waals surface area contributed by atoms with Crippen LogP contribution in [0.25, 0.3) is 10.9 Å². The van der Waals surface area contributed by atoms with Gasteiger partial charge in [-0.25, -0.2) is 13.6 Å². The van der Waals surface area contributed by atoms with Gasteiger partial charge in [0, 0.05) is 18.2 Å². The maximum Gasteiger partial charge on any atom is 0.352 e. The smallest absolute Gasteiger partial charge is 0.352 e. The number of pyridine rings is 1. The Morgan fingerprint density at radius 2 is 2.00 bits per heavy atom. The molecule has 0 saturated heterocycles. The van der Waals surface area contributed by atoms with Crippen LogP contribution in [0, 0.1) is 18.6 Å². The van der Waals surface area contributed by atoms with E-state index < -0.39 is 35.3 Å². The van der Waals surface area contributed by atoms with Crippen molar-refractivity contribution < 1.29 is 23.8 Å². The zero-order valence-corrected chi connectivity index (χ0v) is 10.5. The molecule has 5 nitrogen and oxygen atoms in total. The van der Waals surface area contributed by atoms with Gasteiger partial charge in [-0.1, -0.05) is 0 Å². The van der Waals surface area contributed by atoms with E-state index in [1.165, 1.54) is 6.92 Å². The number of hydrogen-bond donors (Lipinski definition) is 2. The molecule has 0 spiro atoms. The third-order valence-corrected chi connectivity index (χ3v) is 3.03. The van der Waals surface area contributed by atoms with Crippen molar-refractivity contribution in [2.45, 2.75) is 13.5 Å². The van der Waals surface area contributed by atoms with Crippen LogP contribution in [-0.4, -0.2) is 27.4 Å². The molecule has 2 rings (SSSR count). The van der Waals surface area contributed by atoms with Gasteiger partial charge in [0.05, 0.1) is 17.5 Å². The van der Waals surface area contributed by atoms with Gasteiger partial charge in [0.15, 0.2) is 11.2 Å². The minimum absolute atomic E-state index is 0.136. The number of halogens is 2. The lowest BCUT2D eigenvalue weighted by molar-refractivity contribution is 0.0682. The van der Waals surface area contributed by atoms with E-state index in [9.17, 15) is 18.4 Å². The van der Waals surface area contributed by atoms with Gasteiger partial charge in [-0.3, -0.25) is 4.79 Å². The molecule has 0 amide bonds. The molecule has 0 fully saturated rings. The highest BCUT2D eigenvalue weighted by atomic mass is 19.1. The largest absolute Gasteiger partial charge is 0.477 e. The number of carboxylic acids is 1. The molecule has 0 aliphatic rings. The van der Waals surface area contributed by atoms with Crippen molar-refractivity contribution in [3.8, 4) is 0 Å². The maximum absolute atomic E-state index is 13.9. The van der Waals surface area contributed by atoms with Crippen LogP contribution in [0.5, 0.6) is 0 Å². The molecule has 20 heavy (non-hydrogen) atoms. The lowest BCUT2D eigenvalue weighted by Crippen LogP contribution is -2.24. The fourth-order valence-electron chi connectivity index (χ4n) is 2.24. The van der Waals surface area contributed by atoms with Crippen LogP contribution in [0.2, 0.25) is 0 Å². The van der Waals surface area contributed by atoms with Gasteiger partial charge in [0.25, 0.3) is 0 Å². The number of aromatic nitrogens is 1. The van der Waals surface area contributed by atoms with E-state index in [0.29, 0.717) is 6.07 Å². The quantitative estimate of drug-likeness (QED) is 0.889. The molecule has 7 heteroatoms. The first-order valence-corrected chi connectivity index (χ1v) is 5.74. The summed E-state index contributed by atoms with van der Waals surface area (Å²) in [5, 5.41) is 17.9. The van der Waals surface area contributed by atoms with Crippen molar-refractivity contribution in [3.05, 3.63) is 45.2 Å². The van der Waals surface area contributed by atoms with E-state index >= 15 is 0 Å². The molecule has 1 aromatic carbocycles. The van der Waals surface area contributed by atoms with E-state index in [4.69, 9.17) is 10.2 Å². The summed E-state index contributed by atoms with van der Waals surface area (Å²) in [4.78, 5) is 23.3. The van der Waals surface area contributed by atoms with Crippen LogP contribution in [0.1, 0.15) is 16.1 Å². The highest BCUT2D eigenvalue weighted by molar-refractivity contribution is 5.92. The zero-order valence-electron chi connectivity index (χ0n) is 10.5. The van der Waals surface area contributed by atoms with E-state index in [1.54, 1.807) is 0 Å². The van der Waals surface area contributed by atoms with Gasteiger partial charge in [0.1, 0.15) is 11.5 Å². The Morgan fingerprint density at radius 1 is 1.35 bits per heavy atom. The highest BCUT2D eigenvalue weighted by Crippen LogP contribution is 2.21. The summed E-state index contributed by atoms with van der Waals surface area (Å²) < 4.78 is 28.1. The standard InChI is InChI=1S/C13H11F2NO4/c1-6-10(13(19)20)16(2-3-17)11-8(12(6)18)4-7(14)5-9(11)15/h4-5,17H,2-3H2,1H3,(H,19,20). The number of carbonyl (C=O) groups is 1. The molecule has 2 N–H and O–H groups in total. The Labute approximate surface area is 111 Å². The summed E-state index contributed by atoms with van der Waals surface area (Å²) in [6.45, 7) is 0.595. The van der Waals surface area contributed by atoms with E-state index in [0.717, 1.165) is 10.6 Å². The van der Waals surface area contributed by atoms with Crippen molar-refractivity contribution in [2.24, 2.45) is 0 Å². The molecule has 106 valence electrons. The van der Waals surface area contributed by atoms with E-state index in [1.807, 2.05) is 0 Å². The van der Waals surface area contributed by atoms with Gasteiger partial charge >= 0.3 is 5.97 Å². The molecule has 0 saturated carbocycles. The number of nitrogens with zero attached hydrogens (tertiary/aromatic N) is 1. The molecule has 0 radical (unpaired) electrons. The van der Waals surface area contributed by atoms with Crippen LogP contribution in [0.3, 0.4) is 0 Å². The fraction of sp³-hybridized carbons (Fsp3) is 0.231. The van der Waals surface area contributed by atoms with E-state index in [-0.39, 0.29) is 23.0 Å². The number of aliphatic hydroxyl groups is 1. The molecule has 0 atom stereocenters. The molecular weight excluding hydrogens is 272 g/mol. The summed E-state index contributed by atoms with van der Waals surface area (Å²) >= 11 is 0. The second-order valence-corrected chi connectivity index (χ2v) is 4.27. The van der Waals surface area contributed by atoms with Crippen molar-refractivity contribution in [3.63, 3.8) is 0 Å². The molecule has 1 aromatic heterocycles. The number of benzene rings is 1.